The first-order chi connectivity index (χ1) is 15.5. The molecule has 2 fully saturated rings. The third-order valence-electron chi connectivity index (χ3n) is 5.62. The summed E-state index contributed by atoms with van der Waals surface area (Å²) in [5.74, 6) is 1.56. The molecule has 8 heteroatoms. The molecular formula is C24H31BO7. The summed E-state index contributed by atoms with van der Waals surface area (Å²) in [6.07, 6.45) is -0.262. The van der Waals surface area contributed by atoms with E-state index in [2.05, 4.69) is 38.1 Å². The third-order valence-corrected chi connectivity index (χ3v) is 5.62. The molecule has 2 saturated heterocycles. The Hall–Kier alpha value is -2.10. The molecule has 0 amide bonds. The van der Waals surface area contributed by atoms with Gasteiger partial charge < -0.3 is 33.4 Å². The van der Waals surface area contributed by atoms with Crippen molar-refractivity contribution in [1.29, 1.82) is 0 Å². The number of hydrogen-bond acceptors (Lipinski definition) is 7. The molecule has 0 spiro atoms. The molecule has 7 nitrogen and oxygen atoms in total. The molecule has 4 rings (SSSR count). The van der Waals surface area contributed by atoms with Gasteiger partial charge in [-0.05, 0) is 35.4 Å². The summed E-state index contributed by atoms with van der Waals surface area (Å²) in [6, 6.07) is 16.2. The second-order valence-electron chi connectivity index (χ2n) is 8.72. The number of hydrogen-bond donors (Lipinski definition) is 1. The van der Waals surface area contributed by atoms with Gasteiger partial charge in [0, 0.05) is 5.41 Å². The Balaban J connectivity index is 1.21. The summed E-state index contributed by atoms with van der Waals surface area (Å²) in [5.41, 5.74) is 2.20. The molecule has 2 aromatic carbocycles. The summed E-state index contributed by atoms with van der Waals surface area (Å²) in [4.78, 5) is 0. The molecule has 0 radical (unpaired) electrons. The second-order valence-corrected chi connectivity index (χ2v) is 8.72. The highest BCUT2D eigenvalue weighted by atomic mass is 16.6. The van der Waals surface area contributed by atoms with Crippen molar-refractivity contribution in [1.82, 2.24) is 0 Å². The number of aliphatic hydroxyl groups excluding tert-OH is 1. The van der Waals surface area contributed by atoms with Gasteiger partial charge >= 0.3 is 7.69 Å². The molecule has 2 aromatic rings. The fraction of sp³-hybridized carbons (Fsp3) is 0.500. The average molecular weight is 442 g/mol. The van der Waals surface area contributed by atoms with Crippen LogP contribution in [0.3, 0.4) is 0 Å². The van der Waals surface area contributed by atoms with E-state index in [4.69, 9.17) is 28.3 Å². The van der Waals surface area contributed by atoms with Gasteiger partial charge in [-0.2, -0.15) is 0 Å². The molecule has 2 aliphatic heterocycles. The Morgan fingerprint density at radius 3 is 1.94 bits per heavy atom. The van der Waals surface area contributed by atoms with E-state index < -0.39 is 6.10 Å². The van der Waals surface area contributed by atoms with Crippen LogP contribution in [0.2, 0.25) is 0 Å². The summed E-state index contributed by atoms with van der Waals surface area (Å²) in [5, 5.41) is 10.0. The molecule has 3 unspecified atom stereocenters. The predicted molar refractivity (Wildman–Crippen MR) is 121 cm³/mol. The monoisotopic (exact) mass is 442 g/mol. The molecule has 0 bridgehead atoms. The maximum absolute atomic E-state index is 10.0. The molecule has 0 saturated carbocycles. The van der Waals surface area contributed by atoms with Crippen LogP contribution in [-0.4, -0.2) is 70.7 Å². The summed E-state index contributed by atoms with van der Waals surface area (Å²) >= 11 is 0. The van der Waals surface area contributed by atoms with Crippen LogP contribution in [-0.2, 0) is 24.2 Å². The molecule has 172 valence electrons. The van der Waals surface area contributed by atoms with E-state index in [0.29, 0.717) is 19.0 Å². The molecular weight excluding hydrogens is 411 g/mol. The van der Waals surface area contributed by atoms with E-state index in [1.807, 2.05) is 24.3 Å². The molecule has 1 N–H and O–H groups in total. The van der Waals surface area contributed by atoms with Crippen LogP contribution in [0.25, 0.3) is 0 Å². The molecule has 32 heavy (non-hydrogen) atoms. The summed E-state index contributed by atoms with van der Waals surface area (Å²) in [6.45, 7) is 7.38. The maximum Gasteiger partial charge on any atom is 0.438 e. The normalized spacial score (nSPS) is 20.5. The Bertz CT molecular complexity index is 832. The van der Waals surface area contributed by atoms with Crippen LogP contribution in [0, 0.1) is 0 Å². The van der Waals surface area contributed by atoms with E-state index in [1.165, 1.54) is 11.1 Å². The van der Waals surface area contributed by atoms with Gasteiger partial charge in [0.25, 0.3) is 0 Å². The predicted octanol–water partition coefficient (Wildman–Crippen LogP) is 2.23. The largest absolute Gasteiger partial charge is 0.491 e. The molecule has 0 aliphatic carbocycles. The average Bonchev–Trinajstić information content (AvgIpc) is 3.72. The smallest absolute Gasteiger partial charge is 0.438 e. The van der Waals surface area contributed by atoms with Crippen LogP contribution >= 0.6 is 0 Å². The highest BCUT2D eigenvalue weighted by Crippen LogP contribution is 2.33. The number of epoxide rings is 2. The highest BCUT2D eigenvalue weighted by molar-refractivity contribution is 6.17. The minimum Gasteiger partial charge on any atom is -0.491 e. The highest BCUT2D eigenvalue weighted by Gasteiger charge is 2.25. The second kappa shape index (κ2) is 10.7. The Labute approximate surface area is 189 Å². The van der Waals surface area contributed by atoms with Gasteiger partial charge in [0.05, 0.1) is 26.4 Å². The standard InChI is InChI=1S/C24H31BO7/c1-24(2,18-5-9-21(10-6-18)28-13-22-14-29-22)17-3-7-20(8-4-17)27-11-19(26)12-31-25-32-16-23-15-30-23/h3-10,19,22-23,25-26H,11-16H2,1-2H3. The van der Waals surface area contributed by atoms with E-state index in [-0.39, 0.29) is 38.5 Å². The Morgan fingerprint density at radius 2 is 1.38 bits per heavy atom. The Morgan fingerprint density at radius 1 is 0.844 bits per heavy atom. The van der Waals surface area contributed by atoms with Crippen molar-refractivity contribution < 1.29 is 33.4 Å². The van der Waals surface area contributed by atoms with E-state index in [0.717, 1.165) is 19.0 Å². The van der Waals surface area contributed by atoms with Gasteiger partial charge in [-0.1, -0.05) is 38.1 Å². The van der Waals surface area contributed by atoms with Crippen molar-refractivity contribution in [2.45, 2.75) is 37.6 Å². The Kier molecular flexibility index (Phi) is 7.70. The van der Waals surface area contributed by atoms with Crippen molar-refractivity contribution in [3.8, 4) is 11.5 Å². The van der Waals surface area contributed by atoms with Crippen LogP contribution in [0.4, 0.5) is 0 Å². The SMILES string of the molecule is CC(C)(c1ccc(OCC(O)COBOCC2CO2)cc1)c1ccc(OCC2CO2)cc1. The van der Waals surface area contributed by atoms with Crippen molar-refractivity contribution in [3.63, 3.8) is 0 Å². The zero-order chi connectivity index (χ0) is 22.4. The summed E-state index contributed by atoms with van der Waals surface area (Å²) < 4.78 is 32.2. The quantitative estimate of drug-likeness (QED) is 0.273. The van der Waals surface area contributed by atoms with Crippen LogP contribution in [0.15, 0.2) is 48.5 Å². The van der Waals surface area contributed by atoms with Crippen molar-refractivity contribution >= 4 is 7.69 Å². The van der Waals surface area contributed by atoms with Crippen LogP contribution < -0.4 is 9.47 Å². The van der Waals surface area contributed by atoms with Gasteiger partial charge in [0.15, 0.2) is 0 Å². The minimum absolute atomic E-state index is 0.142. The number of ether oxygens (including phenoxy) is 4. The van der Waals surface area contributed by atoms with Gasteiger partial charge in [-0.15, -0.1) is 0 Å². The third kappa shape index (κ3) is 6.95. The van der Waals surface area contributed by atoms with Crippen LogP contribution in [0.1, 0.15) is 25.0 Å². The van der Waals surface area contributed by atoms with E-state index in [1.54, 1.807) is 0 Å². The fourth-order valence-corrected chi connectivity index (χ4v) is 3.28. The van der Waals surface area contributed by atoms with Crippen molar-refractivity contribution in [2.24, 2.45) is 0 Å². The summed E-state index contributed by atoms with van der Waals surface area (Å²) in [7, 11) is 0.142. The van der Waals surface area contributed by atoms with Crippen LogP contribution in [0.5, 0.6) is 11.5 Å². The molecule has 2 aliphatic rings. The first-order valence-corrected chi connectivity index (χ1v) is 11.0. The molecule has 3 atom stereocenters. The van der Waals surface area contributed by atoms with E-state index in [9.17, 15) is 5.11 Å². The number of aliphatic hydroxyl groups is 1. The number of rotatable bonds is 14. The molecule has 2 heterocycles. The topological polar surface area (TPSA) is 82.2 Å². The first-order valence-electron chi connectivity index (χ1n) is 11.0. The van der Waals surface area contributed by atoms with Gasteiger partial charge in [0.2, 0.25) is 0 Å². The minimum atomic E-state index is -0.723. The maximum atomic E-state index is 10.0. The van der Waals surface area contributed by atoms with Crippen molar-refractivity contribution in [2.75, 3.05) is 39.6 Å². The lowest BCUT2D eigenvalue weighted by molar-refractivity contribution is 0.0545. The van der Waals surface area contributed by atoms with Crippen molar-refractivity contribution in [3.05, 3.63) is 59.7 Å². The first kappa shape index (κ1) is 23.1. The van der Waals surface area contributed by atoms with Gasteiger partial charge in [-0.25, -0.2) is 0 Å². The molecule has 0 aromatic heterocycles. The van der Waals surface area contributed by atoms with Gasteiger partial charge in [-0.3, -0.25) is 0 Å². The number of benzene rings is 2. The lowest BCUT2D eigenvalue weighted by atomic mass is 9.78. The fourth-order valence-electron chi connectivity index (χ4n) is 3.28. The van der Waals surface area contributed by atoms with Gasteiger partial charge in [0.1, 0.15) is 43.0 Å². The zero-order valence-corrected chi connectivity index (χ0v) is 18.7. The lowest BCUT2D eigenvalue weighted by Crippen LogP contribution is -2.25. The zero-order valence-electron chi connectivity index (χ0n) is 18.7. The lowest BCUT2D eigenvalue weighted by Gasteiger charge is -2.26. The van der Waals surface area contributed by atoms with E-state index >= 15 is 0 Å².